The highest BCUT2D eigenvalue weighted by Crippen LogP contribution is 2.17. The lowest BCUT2D eigenvalue weighted by atomic mass is 10.3. The summed E-state index contributed by atoms with van der Waals surface area (Å²) in [5.41, 5.74) is 0.685. The number of carbonyl (C=O) groups excluding carboxylic acids is 1. The van der Waals surface area contributed by atoms with Crippen molar-refractivity contribution in [3.63, 3.8) is 0 Å². The molecule has 2 rings (SSSR count). The molecule has 0 bridgehead atoms. The molecule has 20 heavy (non-hydrogen) atoms. The average molecular weight is 311 g/mol. The lowest BCUT2D eigenvalue weighted by Crippen LogP contribution is -2.14. The minimum atomic E-state index is -0.112. The van der Waals surface area contributed by atoms with Crippen molar-refractivity contribution >= 4 is 35.0 Å². The van der Waals surface area contributed by atoms with Crippen LogP contribution in [0.2, 0.25) is 5.02 Å². The highest BCUT2D eigenvalue weighted by atomic mass is 35.5. The van der Waals surface area contributed by atoms with Crippen molar-refractivity contribution in [1.29, 1.82) is 0 Å². The third kappa shape index (κ3) is 4.54. The fourth-order valence-electron chi connectivity index (χ4n) is 1.58. The normalized spacial score (nSPS) is 10.5. The van der Waals surface area contributed by atoms with Crippen LogP contribution in [0.3, 0.4) is 0 Å². The van der Waals surface area contributed by atoms with Gasteiger partial charge in [0.25, 0.3) is 0 Å². The minimum absolute atomic E-state index is 0.112. The zero-order valence-corrected chi connectivity index (χ0v) is 12.6. The largest absolute Gasteiger partial charge is 0.325 e. The van der Waals surface area contributed by atoms with Gasteiger partial charge in [-0.1, -0.05) is 36.4 Å². The molecule has 0 radical (unpaired) electrons. The number of hydrogen-bond donors (Lipinski definition) is 2. The van der Waals surface area contributed by atoms with Crippen molar-refractivity contribution in [2.75, 3.05) is 11.1 Å². The standard InChI is InChI=1S/C13H15ClN4OS/c1-2-4-11-16-13(18-17-11)20-8-12(19)15-10-6-3-5-9(14)7-10/h3,5-7H,2,4,8H2,1H3,(H,15,19)(H,16,17,18). The lowest BCUT2D eigenvalue weighted by Gasteiger charge is -2.03. The number of aryl methyl sites for hydroxylation is 1. The number of aromatic amines is 1. The van der Waals surface area contributed by atoms with Crippen molar-refractivity contribution in [3.05, 3.63) is 35.1 Å². The Bertz CT molecular complexity index is 587. The molecule has 0 aliphatic heterocycles. The van der Waals surface area contributed by atoms with E-state index in [9.17, 15) is 4.79 Å². The Balaban J connectivity index is 1.82. The molecule has 1 aromatic carbocycles. The fourth-order valence-corrected chi connectivity index (χ4v) is 2.39. The first-order chi connectivity index (χ1) is 9.67. The van der Waals surface area contributed by atoms with Gasteiger partial charge < -0.3 is 5.32 Å². The van der Waals surface area contributed by atoms with E-state index in [1.807, 2.05) is 0 Å². The number of carbonyl (C=O) groups is 1. The maximum Gasteiger partial charge on any atom is 0.234 e. The molecule has 2 aromatic rings. The van der Waals surface area contributed by atoms with Crippen LogP contribution in [0.25, 0.3) is 0 Å². The summed E-state index contributed by atoms with van der Waals surface area (Å²) in [5.74, 6) is 1.000. The van der Waals surface area contributed by atoms with Crippen LogP contribution in [0.1, 0.15) is 19.2 Å². The van der Waals surface area contributed by atoms with E-state index >= 15 is 0 Å². The maximum atomic E-state index is 11.8. The molecule has 1 aromatic heterocycles. The number of amides is 1. The first kappa shape index (κ1) is 14.9. The summed E-state index contributed by atoms with van der Waals surface area (Å²) >= 11 is 7.15. The van der Waals surface area contributed by atoms with Crippen LogP contribution in [-0.2, 0) is 11.2 Å². The number of halogens is 1. The van der Waals surface area contributed by atoms with Crippen LogP contribution >= 0.6 is 23.4 Å². The Labute approximate surface area is 126 Å². The minimum Gasteiger partial charge on any atom is -0.325 e. The molecule has 0 saturated carbocycles. The Morgan fingerprint density at radius 2 is 2.35 bits per heavy atom. The van der Waals surface area contributed by atoms with Gasteiger partial charge in [0.15, 0.2) is 0 Å². The molecule has 0 atom stereocenters. The van der Waals surface area contributed by atoms with Crippen LogP contribution in [0.5, 0.6) is 0 Å². The van der Waals surface area contributed by atoms with Gasteiger partial charge in [0.2, 0.25) is 11.1 Å². The highest BCUT2D eigenvalue weighted by molar-refractivity contribution is 7.99. The number of nitrogens with zero attached hydrogens (tertiary/aromatic N) is 2. The molecular formula is C13H15ClN4OS. The molecule has 7 heteroatoms. The molecule has 0 unspecified atom stereocenters. The number of nitrogens with one attached hydrogen (secondary N) is 2. The van der Waals surface area contributed by atoms with E-state index in [-0.39, 0.29) is 11.7 Å². The van der Waals surface area contributed by atoms with E-state index in [2.05, 4.69) is 27.4 Å². The molecule has 2 N–H and O–H groups in total. The average Bonchev–Trinajstić information content (AvgIpc) is 2.85. The number of thioether (sulfide) groups is 1. The van der Waals surface area contributed by atoms with Gasteiger partial charge in [0, 0.05) is 17.1 Å². The lowest BCUT2D eigenvalue weighted by molar-refractivity contribution is -0.113. The summed E-state index contributed by atoms with van der Waals surface area (Å²) in [5, 5.41) is 10.9. The van der Waals surface area contributed by atoms with E-state index in [0.29, 0.717) is 15.9 Å². The quantitative estimate of drug-likeness (QED) is 0.804. The number of rotatable bonds is 6. The SMILES string of the molecule is CCCc1nc(SCC(=O)Nc2cccc(Cl)c2)n[nH]1. The number of H-pyrrole nitrogens is 1. The van der Waals surface area contributed by atoms with Crippen LogP contribution in [0, 0.1) is 0 Å². The Morgan fingerprint density at radius 3 is 3.10 bits per heavy atom. The topological polar surface area (TPSA) is 70.7 Å². The van der Waals surface area contributed by atoms with Gasteiger partial charge in [-0.3, -0.25) is 9.89 Å². The van der Waals surface area contributed by atoms with Crippen LogP contribution in [0.15, 0.2) is 29.4 Å². The molecule has 5 nitrogen and oxygen atoms in total. The fraction of sp³-hybridized carbons (Fsp3) is 0.308. The molecule has 1 amide bonds. The first-order valence-corrected chi connectivity index (χ1v) is 7.63. The van der Waals surface area contributed by atoms with Crippen molar-refractivity contribution in [1.82, 2.24) is 15.2 Å². The highest BCUT2D eigenvalue weighted by Gasteiger charge is 2.08. The van der Waals surface area contributed by atoms with Crippen molar-refractivity contribution in [3.8, 4) is 0 Å². The van der Waals surface area contributed by atoms with Gasteiger partial charge in [-0.05, 0) is 24.6 Å². The summed E-state index contributed by atoms with van der Waals surface area (Å²) in [4.78, 5) is 16.1. The Kier molecular flexibility index (Phi) is 5.43. The summed E-state index contributed by atoms with van der Waals surface area (Å²) in [6.45, 7) is 2.08. The van der Waals surface area contributed by atoms with Crippen LogP contribution < -0.4 is 5.32 Å². The Morgan fingerprint density at radius 1 is 1.50 bits per heavy atom. The van der Waals surface area contributed by atoms with Gasteiger partial charge >= 0.3 is 0 Å². The van der Waals surface area contributed by atoms with Crippen molar-refractivity contribution < 1.29 is 4.79 Å². The molecule has 106 valence electrons. The molecule has 0 fully saturated rings. The second-order valence-corrected chi connectivity index (χ2v) is 5.54. The zero-order valence-electron chi connectivity index (χ0n) is 11.0. The van der Waals surface area contributed by atoms with Gasteiger partial charge in [-0.25, -0.2) is 4.98 Å². The van der Waals surface area contributed by atoms with Crippen LogP contribution in [0.4, 0.5) is 5.69 Å². The van der Waals surface area contributed by atoms with E-state index in [4.69, 9.17) is 11.6 Å². The van der Waals surface area contributed by atoms with Gasteiger partial charge in [0.05, 0.1) is 5.75 Å². The number of hydrogen-bond acceptors (Lipinski definition) is 4. The van der Waals surface area contributed by atoms with Gasteiger partial charge in [0.1, 0.15) is 5.82 Å². The smallest absolute Gasteiger partial charge is 0.234 e. The zero-order chi connectivity index (χ0) is 14.4. The second kappa shape index (κ2) is 7.31. The van der Waals surface area contributed by atoms with Crippen LogP contribution in [-0.4, -0.2) is 26.8 Å². The van der Waals surface area contributed by atoms with Gasteiger partial charge in [-0.15, -0.1) is 5.10 Å². The predicted molar refractivity (Wildman–Crippen MR) is 81.2 cm³/mol. The molecule has 1 heterocycles. The summed E-state index contributed by atoms with van der Waals surface area (Å²) < 4.78 is 0. The first-order valence-electron chi connectivity index (χ1n) is 6.27. The predicted octanol–water partition coefficient (Wildman–Crippen LogP) is 3.14. The summed E-state index contributed by atoms with van der Waals surface area (Å²) in [6, 6.07) is 7.04. The number of anilines is 1. The van der Waals surface area contributed by atoms with E-state index in [1.54, 1.807) is 24.3 Å². The summed E-state index contributed by atoms with van der Waals surface area (Å²) in [6.07, 6.45) is 1.87. The molecular weight excluding hydrogens is 296 g/mol. The second-order valence-electron chi connectivity index (χ2n) is 4.16. The van der Waals surface area contributed by atoms with Crippen molar-refractivity contribution in [2.45, 2.75) is 24.9 Å². The summed E-state index contributed by atoms with van der Waals surface area (Å²) in [7, 11) is 0. The molecule has 0 saturated heterocycles. The van der Waals surface area contributed by atoms with Crippen molar-refractivity contribution in [2.24, 2.45) is 0 Å². The van der Waals surface area contributed by atoms with E-state index in [0.717, 1.165) is 18.7 Å². The third-order valence-electron chi connectivity index (χ3n) is 2.44. The molecule has 0 spiro atoms. The third-order valence-corrected chi connectivity index (χ3v) is 3.52. The van der Waals surface area contributed by atoms with E-state index in [1.165, 1.54) is 11.8 Å². The maximum absolute atomic E-state index is 11.8. The Hall–Kier alpha value is -1.53. The number of aromatic nitrogens is 3. The van der Waals surface area contributed by atoms with E-state index < -0.39 is 0 Å². The monoisotopic (exact) mass is 310 g/mol. The number of benzene rings is 1. The molecule has 0 aliphatic carbocycles. The van der Waals surface area contributed by atoms with Gasteiger partial charge in [-0.2, -0.15) is 0 Å². The molecule has 0 aliphatic rings.